The van der Waals surface area contributed by atoms with Crippen molar-refractivity contribution >= 4 is 0 Å². The normalized spacial score (nSPS) is 34.1. The minimum absolute atomic E-state index is 0.639. The second kappa shape index (κ2) is 4.60. The first-order valence-corrected chi connectivity index (χ1v) is 5.35. The molecule has 2 heterocycles. The molecule has 102 valence electrons. The van der Waals surface area contributed by atoms with Gasteiger partial charge in [0.1, 0.15) is 24.4 Å². The zero-order chi connectivity index (χ0) is 14.2. The molecule has 0 spiro atoms. The minimum atomic E-state index is -2.20. The van der Waals surface area contributed by atoms with Crippen LogP contribution in [0.1, 0.15) is 0 Å². The maximum Gasteiger partial charge on any atom is 0.331 e. The van der Waals surface area contributed by atoms with Gasteiger partial charge in [-0.05, 0) is 0 Å². The zero-order valence-corrected chi connectivity index (χ0v) is 9.55. The second-order valence-electron chi connectivity index (χ2n) is 4.06. The highest BCUT2D eigenvalue weighted by molar-refractivity contribution is 5.12. The highest BCUT2D eigenvalue weighted by Gasteiger charge is 2.56. The summed E-state index contributed by atoms with van der Waals surface area (Å²) in [6.07, 6.45) is -3.53. The maximum absolute atomic E-state index is 11.7. The van der Waals surface area contributed by atoms with Crippen LogP contribution in [-0.4, -0.2) is 49.8 Å². The fraction of sp³-hybridized carbons (Fsp3) is 0.500. The van der Waals surface area contributed by atoms with Crippen LogP contribution in [0, 0.1) is 11.3 Å². The standard InChI is InChI=1S/C10H11N3O6/c11-4-10(8(17)7(16)5(3-14)19-10)13-2-1-6(15)12-9(13)18/h1-2,5,7-8,14,16-17H,3H2,(H,12,15,18)/t5-,7-,8-,10-/m1/s1/i9+1,12+1,13+1. The van der Waals surface area contributed by atoms with Crippen molar-refractivity contribution in [1.82, 2.24) is 9.55 Å². The molecule has 1 aromatic rings. The summed E-state index contributed by atoms with van der Waals surface area (Å²) in [5.74, 6) is 0. The molecule has 0 bridgehead atoms. The Bertz CT molecular complexity index is 631. The van der Waals surface area contributed by atoms with Crippen molar-refractivity contribution in [3.63, 3.8) is 0 Å². The topological polar surface area (TPSA) is 149 Å². The molecule has 0 aliphatic carbocycles. The third kappa shape index (κ3) is 1.87. The van der Waals surface area contributed by atoms with Gasteiger partial charge in [0.2, 0.25) is 0 Å². The summed E-state index contributed by atoms with van der Waals surface area (Å²) in [5.41, 5.74) is -3.85. The molecular formula is C10H11N3O6. The van der Waals surface area contributed by atoms with Gasteiger partial charge in [0.15, 0.2) is 0 Å². The van der Waals surface area contributed by atoms with Gasteiger partial charge in [-0.2, -0.15) is 5.26 Å². The van der Waals surface area contributed by atoms with Crippen LogP contribution in [0.2, 0.25) is 0 Å². The van der Waals surface area contributed by atoms with E-state index in [0.717, 1.165) is 12.3 Å². The molecular weight excluding hydrogens is 261 g/mol. The number of nitriles is 1. The average molecular weight is 272 g/mol. The molecule has 1 saturated heterocycles. The molecule has 9 heteroatoms. The van der Waals surface area contributed by atoms with Gasteiger partial charge in [-0.1, -0.05) is 0 Å². The Morgan fingerprint density at radius 3 is 2.68 bits per heavy atom. The molecule has 0 amide bonds. The molecule has 19 heavy (non-hydrogen) atoms. The molecule has 0 aromatic carbocycles. The zero-order valence-electron chi connectivity index (χ0n) is 9.55. The van der Waals surface area contributed by atoms with E-state index in [1.54, 1.807) is 6.07 Å². The summed E-state index contributed by atoms with van der Waals surface area (Å²) in [5, 5.41) is 37.7. The molecule has 1 aliphatic heterocycles. The Morgan fingerprint density at radius 2 is 2.21 bits per heavy atom. The van der Waals surface area contributed by atoms with E-state index < -0.39 is 41.9 Å². The van der Waals surface area contributed by atoms with Crippen molar-refractivity contribution < 1.29 is 20.1 Å². The number of hydrogen-bond acceptors (Lipinski definition) is 7. The van der Waals surface area contributed by atoms with Crippen molar-refractivity contribution in [2.24, 2.45) is 0 Å². The monoisotopic (exact) mass is 272 g/mol. The lowest BCUT2D eigenvalue weighted by Gasteiger charge is -2.26. The number of nitrogens with zero attached hydrogens (tertiary/aromatic N) is 2. The highest BCUT2D eigenvalue weighted by atomic mass is 16.6. The van der Waals surface area contributed by atoms with Crippen LogP contribution in [0.4, 0.5) is 0 Å². The molecule has 4 atom stereocenters. The number of aromatic nitrogens is 2. The van der Waals surface area contributed by atoms with E-state index in [-0.39, 0.29) is 0 Å². The molecule has 2 rings (SSSR count). The number of aliphatic hydroxyl groups is 3. The quantitative estimate of drug-likeness (QED) is 0.443. The van der Waals surface area contributed by atoms with Gasteiger partial charge < -0.3 is 20.1 Å². The predicted molar refractivity (Wildman–Crippen MR) is 58.9 cm³/mol. The van der Waals surface area contributed by atoms with E-state index in [0.29, 0.717) is 4.57 Å². The predicted octanol–water partition coefficient (Wildman–Crippen LogP) is -3.17. The summed E-state index contributed by atoms with van der Waals surface area (Å²) in [4.78, 5) is 24.5. The van der Waals surface area contributed by atoms with Crippen LogP contribution in [0.3, 0.4) is 0 Å². The summed E-state index contributed by atoms with van der Waals surface area (Å²) in [7, 11) is 0. The number of H-pyrrole nitrogens is 1. The van der Waals surface area contributed by atoms with Gasteiger partial charge in [0.25, 0.3) is 11.3 Å². The van der Waals surface area contributed by atoms with E-state index in [1.807, 2.05) is 4.98 Å². The highest BCUT2D eigenvalue weighted by Crippen LogP contribution is 2.33. The fourth-order valence-electron chi connectivity index (χ4n) is 1.97. The van der Waals surface area contributed by atoms with E-state index in [9.17, 15) is 25.1 Å². The van der Waals surface area contributed by atoms with E-state index in [1.165, 1.54) is 0 Å². The molecule has 1 fully saturated rings. The number of aliphatic hydroxyl groups excluding tert-OH is 3. The van der Waals surface area contributed by atoms with Crippen LogP contribution in [0.5, 0.6) is 0 Å². The van der Waals surface area contributed by atoms with Gasteiger partial charge in [0, 0.05) is 12.3 Å². The van der Waals surface area contributed by atoms with E-state index in [4.69, 9.17) is 9.84 Å². The van der Waals surface area contributed by atoms with E-state index in [2.05, 4.69) is 0 Å². The Labute approximate surface area is 105 Å². The first-order valence-electron chi connectivity index (χ1n) is 5.35. The Kier molecular flexibility index (Phi) is 3.25. The number of hydrogen-bond donors (Lipinski definition) is 4. The lowest BCUT2D eigenvalue weighted by Crippen LogP contribution is -2.50. The number of nitrogens with one attached hydrogen (secondary N) is 1. The SMILES string of the molecule is N#C[C@@]1([15n]2ccc(=O)[15nH][13c]2=O)O[C@H](CO)[C@@H](O)[C@H]1O. The largest absolute Gasteiger partial charge is 0.394 e. The number of aromatic amines is 1. The van der Waals surface area contributed by atoms with Gasteiger partial charge >= 0.3 is 5.69 Å². The number of rotatable bonds is 2. The average Bonchev–Trinajstić information content (AvgIpc) is 2.64. The Hall–Kier alpha value is -1.99. The van der Waals surface area contributed by atoms with Crippen LogP contribution in [-0.2, 0) is 10.5 Å². The Morgan fingerprint density at radius 1 is 1.53 bits per heavy atom. The van der Waals surface area contributed by atoms with Crippen molar-refractivity contribution in [3.05, 3.63) is 33.1 Å². The first kappa shape index (κ1) is 13.4. The van der Waals surface area contributed by atoms with Crippen molar-refractivity contribution in [1.29, 1.82) is 5.26 Å². The molecule has 0 saturated carbocycles. The molecule has 9 nitrogen and oxygen atoms in total. The summed E-state index contributed by atoms with van der Waals surface area (Å²) >= 11 is 0. The van der Waals surface area contributed by atoms with Crippen LogP contribution in [0.25, 0.3) is 0 Å². The van der Waals surface area contributed by atoms with Crippen LogP contribution in [0.15, 0.2) is 21.9 Å². The summed E-state index contributed by atoms with van der Waals surface area (Å²) in [6.45, 7) is -0.639. The van der Waals surface area contributed by atoms with Crippen LogP contribution >= 0.6 is 0 Å². The third-order valence-electron chi connectivity index (χ3n) is 2.96. The summed E-state index contributed by atoms with van der Waals surface area (Å²) in [6, 6.07) is 2.56. The summed E-state index contributed by atoms with van der Waals surface area (Å²) < 4.78 is 5.77. The maximum atomic E-state index is 11.7. The second-order valence-corrected chi connectivity index (χ2v) is 4.06. The Balaban J connectivity index is 2.59. The minimum Gasteiger partial charge on any atom is -0.394 e. The van der Waals surface area contributed by atoms with Gasteiger partial charge in [-0.3, -0.25) is 14.3 Å². The van der Waals surface area contributed by atoms with Gasteiger partial charge in [0.05, 0.1) is 6.61 Å². The first-order chi connectivity index (χ1) is 8.96. The molecule has 1 aromatic heterocycles. The molecule has 1 aliphatic rings. The molecule has 0 radical (unpaired) electrons. The van der Waals surface area contributed by atoms with E-state index >= 15 is 0 Å². The fourth-order valence-corrected chi connectivity index (χ4v) is 1.97. The lowest BCUT2D eigenvalue weighted by atomic mass is 10.1. The van der Waals surface area contributed by atoms with Gasteiger partial charge in [-0.15, -0.1) is 0 Å². The van der Waals surface area contributed by atoms with Crippen molar-refractivity contribution in [3.8, 4) is 6.07 Å². The molecule has 0 unspecified atom stereocenters. The van der Waals surface area contributed by atoms with Crippen molar-refractivity contribution in [2.75, 3.05) is 6.61 Å². The van der Waals surface area contributed by atoms with Crippen molar-refractivity contribution in [2.45, 2.75) is 24.0 Å². The lowest BCUT2D eigenvalue weighted by molar-refractivity contribution is -0.109. The third-order valence-corrected chi connectivity index (χ3v) is 2.96. The molecule has 4 N–H and O–H groups in total. The smallest absolute Gasteiger partial charge is 0.331 e. The number of ether oxygens (including phenoxy) is 1. The van der Waals surface area contributed by atoms with Gasteiger partial charge in [-0.25, -0.2) is 4.79 Å². The van der Waals surface area contributed by atoms with Crippen LogP contribution < -0.4 is 11.2 Å².